The predicted molar refractivity (Wildman–Crippen MR) is 113 cm³/mol. The monoisotopic (exact) mass is 468 g/mol. The Kier molecular flexibility index (Phi) is 7.91. The van der Waals surface area contributed by atoms with Crippen molar-refractivity contribution in [1.29, 1.82) is 0 Å². The number of nitrogen functional groups attached to an aromatic ring is 1. The summed E-state index contributed by atoms with van der Waals surface area (Å²) in [5, 5.41) is 0. The molecule has 1 heterocycles. The molecule has 10 heteroatoms. The van der Waals surface area contributed by atoms with Gasteiger partial charge in [0.05, 0.1) is 6.61 Å². The van der Waals surface area contributed by atoms with Gasteiger partial charge in [-0.1, -0.05) is 22.9 Å². The molecule has 1 amide bonds. The number of nitrogens with one attached hydrogen (secondary N) is 1. The van der Waals surface area contributed by atoms with Crippen LogP contribution in [0.15, 0.2) is 38.3 Å². The molecule has 0 fully saturated rings. The van der Waals surface area contributed by atoms with E-state index in [1.807, 2.05) is 6.92 Å². The number of amides is 1. The first-order chi connectivity index (χ1) is 13.8. The lowest BCUT2D eigenvalue weighted by atomic mass is 10.2. The van der Waals surface area contributed by atoms with E-state index < -0.39 is 23.0 Å². The molecule has 1 aromatic heterocycles. The number of benzene rings is 1. The molecule has 8 nitrogen and oxygen atoms in total. The van der Waals surface area contributed by atoms with Crippen LogP contribution in [-0.2, 0) is 16.1 Å². The van der Waals surface area contributed by atoms with Crippen molar-refractivity contribution in [3.05, 3.63) is 61.0 Å². The lowest BCUT2D eigenvalue weighted by Crippen LogP contribution is -2.42. The number of H-pyrrole nitrogens is 1. The highest BCUT2D eigenvalue weighted by molar-refractivity contribution is 9.10. The molecule has 0 atom stereocenters. The fraction of sp³-hybridized carbons (Fsp3) is 0.316. The van der Waals surface area contributed by atoms with Gasteiger partial charge in [-0.2, -0.15) is 0 Å². The Hall–Kier alpha value is -2.72. The van der Waals surface area contributed by atoms with Crippen LogP contribution in [0.4, 0.5) is 15.9 Å². The summed E-state index contributed by atoms with van der Waals surface area (Å²) in [6.07, 6.45) is 3.03. The van der Waals surface area contributed by atoms with Crippen LogP contribution in [0, 0.1) is 5.82 Å². The Bertz CT molecular complexity index is 1030. The highest BCUT2D eigenvalue weighted by atomic mass is 79.9. The highest BCUT2D eigenvalue weighted by Crippen LogP contribution is 2.19. The molecule has 0 unspecified atom stereocenters. The van der Waals surface area contributed by atoms with Crippen molar-refractivity contribution in [1.82, 2.24) is 9.55 Å². The summed E-state index contributed by atoms with van der Waals surface area (Å²) in [5.74, 6) is -1.23. The fourth-order valence-corrected chi connectivity index (χ4v) is 3.07. The van der Waals surface area contributed by atoms with Gasteiger partial charge in [-0.3, -0.25) is 24.0 Å². The fourth-order valence-electron chi connectivity index (χ4n) is 2.69. The highest BCUT2D eigenvalue weighted by Gasteiger charge is 2.22. The molecule has 29 heavy (non-hydrogen) atoms. The van der Waals surface area contributed by atoms with E-state index in [2.05, 4.69) is 20.9 Å². The standard InChI is InChI=1S/C19H22BrFN4O4/c1-3-8-25-17(22)16(18(27)23-19(25)28)24(9-10-29-2)15(26)7-4-12-11-13(20)5-6-14(12)21/h4-7,11H,3,8-10,22H2,1-2H3,(H,23,27,28)/b7-4+. The molecule has 0 bridgehead atoms. The zero-order valence-corrected chi connectivity index (χ0v) is 17.7. The van der Waals surface area contributed by atoms with Crippen LogP contribution in [0.1, 0.15) is 18.9 Å². The molecular weight excluding hydrogens is 447 g/mol. The number of ether oxygens (including phenoxy) is 1. The topological polar surface area (TPSA) is 110 Å². The van der Waals surface area contributed by atoms with Gasteiger partial charge < -0.3 is 10.5 Å². The number of methoxy groups -OCH3 is 1. The lowest BCUT2D eigenvalue weighted by molar-refractivity contribution is -0.114. The van der Waals surface area contributed by atoms with Gasteiger partial charge in [0.2, 0.25) is 0 Å². The number of halogens is 2. The number of aromatic nitrogens is 2. The van der Waals surface area contributed by atoms with Gasteiger partial charge in [0.15, 0.2) is 5.69 Å². The minimum Gasteiger partial charge on any atom is -0.383 e. The average Bonchev–Trinajstić information content (AvgIpc) is 2.68. The molecule has 2 rings (SSSR count). The lowest BCUT2D eigenvalue weighted by Gasteiger charge is -2.23. The van der Waals surface area contributed by atoms with E-state index in [4.69, 9.17) is 10.5 Å². The molecule has 0 saturated heterocycles. The molecule has 3 N–H and O–H groups in total. The van der Waals surface area contributed by atoms with Crippen molar-refractivity contribution >= 4 is 39.4 Å². The van der Waals surface area contributed by atoms with Crippen LogP contribution in [0.3, 0.4) is 0 Å². The van der Waals surface area contributed by atoms with Crippen LogP contribution in [0.5, 0.6) is 0 Å². The number of nitrogens with two attached hydrogens (primary N) is 1. The summed E-state index contributed by atoms with van der Waals surface area (Å²) in [5.41, 5.74) is 4.65. The maximum absolute atomic E-state index is 13.9. The summed E-state index contributed by atoms with van der Waals surface area (Å²) in [6.45, 7) is 2.26. The number of hydrogen-bond acceptors (Lipinski definition) is 5. The zero-order chi connectivity index (χ0) is 21.6. The Labute approximate surface area is 174 Å². The van der Waals surface area contributed by atoms with Crippen LogP contribution in [0.2, 0.25) is 0 Å². The SMILES string of the molecule is CCCn1c(N)c(N(CCOC)C(=O)/C=C/c2cc(Br)ccc2F)c(=O)[nH]c1=O. The minimum atomic E-state index is -0.786. The van der Waals surface area contributed by atoms with Crippen molar-refractivity contribution in [2.75, 3.05) is 30.9 Å². The summed E-state index contributed by atoms with van der Waals surface area (Å²) in [4.78, 5) is 40.6. The molecule has 0 spiro atoms. The second-order valence-electron chi connectivity index (χ2n) is 6.13. The zero-order valence-electron chi connectivity index (χ0n) is 16.1. The van der Waals surface area contributed by atoms with Gasteiger partial charge in [-0.25, -0.2) is 9.18 Å². The van der Waals surface area contributed by atoms with E-state index in [0.29, 0.717) is 10.9 Å². The normalized spacial score (nSPS) is 11.2. The van der Waals surface area contributed by atoms with E-state index in [1.54, 1.807) is 0 Å². The molecule has 0 aliphatic heterocycles. The van der Waals surface area contributed by atoms with Crippen LogP contribution in [-0.4, -0.2) is 35.7 Å². The third-order valence-corrected chi connectivity index (χ3v) is 4.57. The number of carbonyl (C=O) groups is 1. The van der Waals surface area contributed by atoms with E-state index in [1.165, 1.54) is 36.0 Å². The minimum absolute atomic E-state index is 0.0122. The van der Waals surface area contributed by atoms with E-state index in [9.17, 15) is 18.8 Å². The summed E-state index contributed by atoms with van der Waals surface area (Å²) in [7, 11) is 1.45. The summed E-state index contributed by atoms with van der Waals surface area (Å²) in [6, 6.07) is 4.32. The third kappa shape index (κ3) is 5.42. The Balaban J connectivity index is 2.49. The van der Waals surface area contributed by atoms with Crippen LogP contribution in [0.25, 0.3) is 6.08 Å². The van der Waals surface area contributed by atoms with Crippen molar-refractivity contribution in [2.45, 2.75) is 19.9 Å². The average molecular weight is 469 g/mol. The number of anilines is 2. The van der Waals surface area contributed by atoms with Crippen molar-refractivity contribution < 1.29 is 13.9 Å². The maximum atomic E-state index is 13.9. The Morgan fingerprint density at radius 1 is 1.41 bits per heavy atom. The number of hydrogen-bond donors (Lipinski definition) is 2. The molecular formula is C19H22BrFN4O4. The Morgan fingerprint density at radius 2 is 2.14 bits per heavy atom. The Morgan fingerprint density at radius 3 is 2.79 bits per heavy atom. The second-order valence-corrected chi connectivity index (χ2v) is 7.04. The largest absolute Gasteiger partial charge is 0.383 e. The van der Waals surface area contributed by atoms with Crippen molar-refractivity contribution in [3.63, 3.8) is 0 Å². The van der Waals surface area contributed by atoms with Crippen molar-refractivity contribution in [3.8, 4) is 0 Å². The smallest absolute Gasteiger partial charge is 0.330 e. The molecule has 2 aromatic rings. The van der Waals surface area contributed by atoms with E-state index in [0.717, 1.165) is 11.0 Å². The molecule has 0 radical (unpaired) electrons. The predicted octanol–water partition coefficient (Wildman–Crippen LogP) is 2.12. The first-order valence-corrected chi connectivity index (χ1v) is 9.65. The van der Waals surface area contributed by atoms with Gasteiger partial charge in [0, 0.05) is 36.3 Å². The van der Waals surface area contributed by atoms with Crippen LogP contribution < -0.4 is 21.9 Å². The quantitative estimate of drug-likeness (QED) is 0.576. The van der Waals surface area contributed by atoms with Crippen molar-refractivity contribution in [2.24, 2.45) is 0 Å². The number of nitrogens with zero attached hydrogens (tertiary/aromatic N) is 2. The van der Waals surface area contributed by atoms with Gasteiger partial charge in [0.1, 0.15) is 11.6 Å². The summed E-state index contributed by atoms with van der Waals surface area (Å²) < 4.78 is 20.8. The molecule has 0 aliphatic rings. The van der Waals surface area contributed by atoms with Gasteiger partial charge in [-0.05, 0) is 30.7 Å². The number of carbonyl (C=O) groups excluding carboxylic acids is 1. The summed E-state index contributed by atoms with van der Waals surface area (Å²) >= 11 is 3.24. The molecule has 0 saturated carbocycles. The van der Waals surface area contributed by atoms with Gasteiger partial charge >= 0.3 is 5.69 Å². The van der Waals surface area contributed by atoms with E-state index >= 15 is 0 Å². The first-order valence-electron chi connectivity index (χ1n) is 8.86. The van der Waals surface area contributed by atoms with Gasteiger partial charge in [0.25, 0.3) is 11.5 Å². The molecule has 156 valence electrons. The number of rotatable bonds is 8. The van der Waals surface area contributed by atoms with Crippen LogP contribution >= 0.6 is 15.9 Å². The number of aromatic amines is 1. The first kappa shape index (κ1) is 22.6. The van der Waals surface area contributed by atoms with Gasteiger partial charge in [-0.15, -0.1) is 0 Å². The third-order valence-electron chi connectivity index (χ3n) is 4.08. The molecule has 0 aliphatic carbocycles. The molecule has 1 aromatic carbocycles. The second kappa shape index (κ2) is 10.2. The maximum Gasteiger partial charge on any atom is 0.330 e. The van der Waals surface area contributed by atoms with E-state index in [-0.39, 0.29) is 36.8 Å².